The monoisotopic (exact) mass is 267 g/mol. The van der Waals surface area contributed by atoms with Gasteiger partial charge in [-0.2, -0.15) is 0 Å². The molecule has 19 heavy (non-hydrogen) atoms. The van der Waals surface area contributed by atoms with Gasteiger partial charge in [0.25, 0.3) is 0 Å². The SMILES string of the molecule is CC[C@@H](N)c1ccc(OCC(O)COC(C)C)cc1. The fourth-order valence-electron chi connectivity index (χ4n) is 1.59. The van der Waals surface area contributed by atoms with Gasteiger partial charge in [-0.1, -0.05) is 19.1 Å². The Kier molecular flexibility index (Phi) is 6.84. The summed E-state index contributed by atoms with van der Waals surface area (Å²) >= 11 is 0. The molecule has 0 fully saturated rings. The summed E-state index contributed by atoms with van der Waals surface area (Å²) in [5.74, 6) is 0.732. The average molecular weight is 267 g/mol. The molecule has 0 saturated carbocycles. The van der Waals surface area contributed by atoms with E-state index in [2.05, 4.69) is 6.92 Å². The van der Waals surface area contributed by atoms with Gasteiger partial charge in [0.15, 0.2) is 0 Å². The lowest BCUT2D eigenvalue weighted by Gasteiger charge is -2.15. The van der Waals surface area contributed by atoms with Crippen molar-refractivity contribution in [2.75, 3.05) is 13.2 Å². The van der Waals surface area contributed by atoms with Crippen LogP contribution in [0.5, 0.6) is 5.75 Å². The van der Waals surface area contributed by atoms with E-state index in [0.29, 0.717) is 0 Å². The molecule has 0 aliphatic heterocycles. The van der Waals surface area contributed by atoms with E-state index in [9.17, 15) is 5.11 Å². The van der Waals surface area contributed by atoms with Gasteiger partial charge in [0.2, 0.25) is 0 Å². The minimum Gasteiger partial charge on any atom is -0.491 e. The fraction of sp³-hybridized carbons (Fsp3) is 0.600. The van der Waals surface area contributed by atoms with Crippen molar-refractivity contribution >= 4 is 0 Å². The van der Waals surface area contributed by atoms with E-state index in [1.807, 2.05) is 38.1 Å². The number of ether oxygens (including phenoxy) is 2. The number of benzene rings is 1. The first kappa shape index (κ1) is 16.0. The van der Waals surface area contributed by atoms with E-state index in [1.54, 1.807) is 0 Å². The topological polar surface area (TPSA) is 64.7 Å². The minimum absolute atomic E-state index is 0.0686. The Hall–Kier alpha value is -1.10. The molecule has 4 nitrogen and oxygen atoms in total. The Bertz CT molecular complexity index is 351. The van der Waals surface area contributed by atoms with Gasteiger partial charge in [-0.15, -0.1) is 0 Å². The third-order valence-electron chi connectivity index (χ3n) is 2.81. The largest absolute Gasteiger partial charge is 0.491 e. The van der Waals surface area contributed by atoms with Gasteiger partial charge in [-0.3, -0.25) is 0 Å². The maximum atomic E-state index is 9.67. The molecule has 0 heterocycles. The average Bonchev–Trinajstić information content (AvgIpc) is 2.42. The van der Waals surface area contributed by atoms with Crippen LogP contribution in [0.1, 0.15) is 38.8 Å². The number of rotatable bonds is 8. The van der Waals surface area contributed by atoms with Crippen molar-refractivity contribution in [2.24, 2.45) is 5.73 Å². The highest BCUT2D eigenvalue weighted by Crippen LogP contribution is 2.18. The number of aliphatic hydroxyl groups is 1. The number of aliphatic hydroxyl groups excluding tert-OH is 1. The Morgan fingerprint density at radius 2 is 1.79 bits per heavy atom. The van der Waals surface area contributed by atoms with Crippen molar-refractivity contribution < 1.29 is 14.6 Å². The zero-order chi connectivity index (χ0) is 14.3. The van der Waals surface area contributed by atoms with Crippen LogP contribution in [0.25, 0.3) is 0 Å². The standard InChI is InChI=1S/C15H25NO3/c1-4-15(16)12-5-7-14(8-6-12)19-10-13(17)9-18-11(2)3/h5-8,11,13,15,17H,4,9-10,16H2,1-3H3/t13?,15-/m1/s1. The third kappa shape index (κ3) is 6.05. The van der Waals surface area contributed by atoms with Crippen molar-refractivity contribution in [1.29, 1.82) is 0 Å². The molecule has 1 aromatic carbocycles. The molecule has 1 rings (SSSR count). The minimum atomic E-state index is -0.611. The van der Waals surface area contributed by atoms with Gasteiger partial charge >= 0.3 is 0 Å². The van der Waals surface area contributed by atoms with E-state index in [-0.39, 0.29) is 25.4 Å². The van der Waals surface area contributed by atoms with Crippen LogP contribution < -0.4 is 10.5 Å². The molecule has 0 radical (unpaired) electrons. The number of hydrogen-bond acceptors (Lipinski definition) is 4. The maximum absolute atomic E-state index is 9.67. The lowest BCUT2D eigenvalue weighted by Crippen LogP contribution is -2.25. The zero-order valence-corrected chi connectivity index (χ0v) is 12.0. The fourth-order valence-corrected chi connectivity index (χ4v) is 1.59. The summed E-state index contributed by atoms with van der Waals surface area (Å²) in [5, 5.41) is 9.67. The van der Waals surface area contributed by atoms with Gasteiger partial charge in [-0.25, -0.2) is 0 Å². The molecule has 0 aromatic heterocycles. The lowest BCUT2D eigenvalue weighted by atomic mass is 10.1. The number of hydrogen-bond donors (Lipinski definition) is 2. The number of nitrogens with two attached hydrogens (primary N) is 1. The van der Waals surface area contributed by atoms with Gasteiger partial charge in [0, 0.05) is 6.04 Å². The zero-order valence-electron chi connectivity index (χ0n) is 12.0. The summed E-state index contributed by atoms with van der Waals surface area (Å²) in [4.78, 5) is 0. The van der Waals surface area contributed by atoms with Crippen molar-refractivity contribution in [3.05, 3.63) is 29.8 Å². The first-order chi connectivity index (χ1) is 9.02. The smallest absolute Gasteiger partial charge is 0.119 e. The normalized spacial score (nSPS) is 14.4. The molecule has 0 amide bonds. The molecule has 3 N–H and O–H groups in total. The molecule has 4 heteroatoms. The molecule has 1 aromatic rings. The summed E-state index contributed by atoms with van der Waals surface area (Å²) in [7, 11) is 0. The van der Waals surface area contributed by atoms with E-state index < -0.39 is 6.10 Å². The van der Waals surface area contributed by atoms with E-state index in [0.717, 1.165) is 17.7 Å². The predicted molar refractivity (Wildman–Crippen MR) is 76.3 cm³/mol. The molecule has 0 bridgehead atoms. The van der Waals surface area contributed by atoms with Crippen LogP contribution in [0, 0.1) is 0 Å². The van der Waals surface area contributed by atoms with E-state index >= 15 is 0 Å². The van der Waals surface area contributed by atoms with E-state index in [4.69, 9.17) is 15.2 Å². The second kappa shape index (κ2) is 8.15. The van der Waals surface area contributed by atoms with Crippen molar-refractivity contribution in [3.8, 4) is 5.75 Å². The molecule has 0 spiro atoms. The highest BCUT2D eigenvalue weighted by molar-refractivity contribution is 5.28. The third-order valence-corrected chi connectivity index (χ3v) is 2.81. The van der Waals surface area contributed by atoms with Crippen molar-refractivity contribution in [2.45, 2.75) is 45.4 Å². The first-order valence-corrected chi connectivity index (χ1v) is 6.81. The highest BCUT2D eigenvalue weighted by atomic mass is 16.5. The van der Waals surface area contributed by atoms with Gasteiger partial charge in [-0.05, 0) is 38.0 Å². The Morgan fingerprint density at radius 3 is 2.32 bits per heavy atom. The molecular formula is C15H25NO3. The van der Waals surface area contributed by atoms with Crippen LogP contribution in [0.2, 0.25) is 0 Å². The van der Waals surface area contributed by atoms with Crippen molar-refractivity contribution in [3.63, 3.8) is 0 Å². The lowest BCUT2D eigenvalue weighted by molar-refractivity contribution is -0.0122. The molecule has 0 aliphatic rings. The molecule has 2 atom stereocenters. The second-order valence-corrected chi connectivity index (χ2v) is 4.93. The summed E-state index contributed by atoms with van der Waals surface area (Å²) in [6.07, 6.45) is 0.412. The molecule has 0 saturated heterocycles. The van der Waals surface area contributed by atoms with Crippen LogP contribution in [0.4, 0.5) is 0 Å². The van der Waals surface area contributed by atoms with Crippen LogP contribution >= 0.6 is 0 Å². The molecular weight excluding hydrogens is 242 g/mol. The Morgan fingerprint density at radius 1 is 1.16 bits per heavy atom. The van der Waals surface area contributed by atoms with Gasteiger partial charge < -0.3 is 20.3 Å². The van der Waals surface area contributed by atoms with Gasteiger partial charge in [0.1, 0.15) is 18.5 Å². The van der Waals surface area contributed by atoms with Gasteiger partial charge in [0.05, 0.1) is 12.7 Å². The quantitative estimate of drug-likeness (QED) is 0.758. The van der Waals surface area contributed by atoms with E-state index in [1.165, 1.54) is 0 Å². The molecule has 0 aliphatic carbocycles. The Labute approximate surface area is 115 Å². The maximum Gasteiger partial charge on any atom is 0.119 e. The van der Waals surface area contributed by atoms with Crippen LogP contribution in [-0.2, 0) is 4.74 Å². The molecule has 1 unspecified atom stereocenters. The first-order valence-electron chi connectivity index (χ1n) is 6.81. The molecule has 108 valence electrons. The van der Waals surface area contributed by atoms with Crippen LogP contribution in [0.15, 0.2) is 24.3 Å². The van der Waals surface area contributed by atoms with Crippen LogP contribution in [0.3, 0.4) is 0 Å². The highest BCUT2D eigenvalue weighted by Gasteiger charge is 2.07. The summed E-state index contributed by atoms with van der Waals surface area (Å²) in [6.45, 7) is 6.44. The van der Waals surface area contributed by atoms with Crippen LogP contribution in [-0.4, -0.2) is 30.5 Å². The second-order valence-electron chi connectivity index (χ2n) is 4.93. The summed E-state index contributed by atoms with van der Waals surface area (Å²) in [5.41, 5.74) is 7.03. The summed E-state index contributed by atoms with van der Waals surface area (Å²) < 4.78 is 10.8. The predicted octanol–water partition coefficient (Wildman–Crippen LogP) is 2.26. The Balaban J connectivity index is 2.37. The van der Waals surface area contributed by atoms with Crippen molar-refractivity contribution in [1.82, 2.24) is 0 Å². The summed E-state index contributed by atoms with van der Waals surface area (Å²) in [6, 6.07) is 7.74.